The Hall–Kier alpha value is -1.66. The number of anilines is 1. The van der Waals surface area contributed by atoms with Gasteiger partial charge in [0.15, 0.2) is 5.82 Å². The van der Waals surface area contributed by atoms with Crippen molar-refractivity contribution in [3.05, 3.63) is 24.2 Å². The maximum Gasteiger partial charge on any atom is 0.166 e. The van der Waals surface area contributed by atoms with E-state index in [0.29, 0.717) is 0 Å². The van der Waals surface area contributed by atoms with Crippen molar-refractivity contribution in [2.24, 2.45) is 0 Å². The highest BCUT2D eigenvalue weighted by Gasteiger charge is 2.20. The zero-order valence-corrected chi connectivity index (χ0v) is 13.3. The van der Waals surface area contributed by atoms with Crippen molar-refractivity contribution in [3.63, 3.8) is 0 Å². The quantitative estimate of drug-likeness (QED) is 0.909. The molecule has 0 unspecified atom stereocenters. The van der Waals surface area contributed by atoms with Crippen LogP contribution in [0.2, 0.25) is 0 Å². The first-order valence-corrected chi connectivity index (χ1v) is 7.48. The second kappa shape index (κ2) is 5.27. The highest BCUT2D eigenvalue weighted by atomic mass is 15.5. The molecule has 1 saturated heterocycles. The van der Waals surface area contributed by atoms with Crippen LogP contribution in [0.4, 0.5) is 5.82 Å². The maximum atomic E-state index is 4.66. The van der Waals surface area contributed by atoms with Crippen LogP contribution in [0, 0.1) is 0 Å². The van der Waals surface area contributed by atoms with E-state index in [-0.39, 0.29) is 5.41 Å². The summed E-state index contributed by atoms with van der Waals surface area (Å²) in [7, 11) is 2.16. The average Bonchev–Trinajstić information content (AvgIpc) is 2.86. The standard InChI is InChI=1S/C15H24N6/c1-15(2,3)13-11-12-14(16-5-6-21(12)17-13)18-20-9-7-19(4)8-10-20/h5-6,11H,7-10H2,1-4H3,(H,16,18). The Bertz CT molecular complexity index is 619. The number of likely N-dealkylation sites (N-methyl/N-ethyl adjacent to an activating group) is 1. The molecular weight excluding hydrogens is 264 g/mol. The van der Waals surface area contributed by atoms with E-state index in [1.165, 1.54) is 0 Å². The van der Waals surface area contributed by atoms with Gasteiger partial charge in [-0.1, -0.05) is 20.8 Å². The number of fused-ring (bicyclic) bond motifs is 1. The molecular formula is C15H24N6. The smallest absolute Gasteiger partial charge is 0.166 e. The van der Waals surface area contributed by atoms with Crippen molar-refractivity contribution in [3.8, 4) is 0 Å². The summed E-state index contributed by atoms with van der Waals surface area (Å²) in [6, 6.07) is 2.13. The van der Waals surface area contributed by atoms with Gasteiger partial charge < -0.3 is 10.3 Å². The van der Waals surface area contributed by atoms with Gasteiger partial charge in [0.25, 0.3) is 0 Å². The van der Waals surface area contributed by atoms with Gasteiger partial charge in [-0.25, -0.2) is 14.5 Å². The molecule has 1 aliphatic heterocycles. The summed E-state index contributed by atoms with van der Waals surface area (Å²) in [5, 5.41) is 6.89. The molecule has 0 aromatic carbocycles. The van der Waals surface area contributed by atoms with E-state index >= 15 is 0 Å². The van der Waals surface area contributed by atoms with Crippen LogP contribution in [0.25, 0.3) is 5.52 Å². The lowest BCUT2D eigenvalue weighted by molar-refractivity contribution is 0.178. The molecule has 21 heavy (non-hydrogen) atoms. The molecule has 1 fully saturated rings. The number of nitrogens with one attached hydrogen (secondary N) is 1. The topological polar surface area (TPSA) is 48.7 Å². The summed E-state index contributed by atoms with van der Waals surface area (Å²) in [5.74, 6) is 0.880. The summed E-state index contributed by atoms with van der Waals surface area (Å²) in [6.45, 7) is 10.7. The third-order valence-corrected chi connectivity index (χ3v) is 3.93. The number of piperazine rings is 1. The van der Waals surface area contributed by atoms with Gasteiger partial charge in [-0.3, -0.25) is 0 Å². The second-order valence-corrected chi connectivity index (χ2v) is 6.79. The predicted molar refractivity (Wildman–Crippen MR) is 84.4 cm³/mol. The minimum absolute atomic E-state index is 0.0388. The van der Waals surface area contributed by atoms with E-state index in [1.807, 2.05) is 10.7 Å². The lowest BCUT2D eigenvalue weighted by Gasteiger charge is -2.32. The second-order valence-electron chi connectivity index (χ2n) is 6.79. The van der Waals surface area contributed by atoms with Crippen molar-refractivity contribution in [1.29, 1.82) is 0 Å². The van der Waals surface area contributed by atoms with Crippen LogP contribution in [-0.2, 0) is 5.41 Å². The molecule has 6 nitrogen and oxygen atoms in total. The lowest BCUT2D eigenvalue weighted by atomic mass is 9.92. The molecule has 114 valence electrons. The van der Waals surface area contributed by atoms with Gasteiger partial charge in [-0.2, -0.15) is 5.10 Å². The van der Waals surface area contributed by atoms with Gasteiger partial charge in [0.05, 0.1) is 5.69 Å². The Morgan fingerprint density at radius 3 is 2.52 bits per heavy atom. The van der Waals surface area contributed by atoms with Crippen LogP contribution in [0.15, 0.2) is 18.5 Å². The third-order valence-electron chi connectivity index (χ3n) is 3.93. The molecule has 3 rings (SSSR count). The Kier molecular flexibility index (Phi) is 3.59. The van der Waals surface area contributed by atoms with Crippen molar-refractivity contribution in [2.75, 3.05) is 38.7 Å². The van der Waals surface area contributed by atoms with Crippen LogP contribution in [0.3, 0.4) is 0 Å². The Labute approximate surface area is 125 Å². The van der Waals surface area contributed by atoms with E-state index in [2.05, 4.69) is 59.3 Å². The molecule has 0 atom stereocenters. The number of hydrogen-bond donors (Lipinski definition) is 1. The number of rotatable bonds is 2. The first-order valence-electron chi connectivity index (χ1n) is 7.48. The van der Waals surface area contributed by atoms with Crippen LogP contribution in [0.5, 0.6) is 0 Å². The zero-order valence-electron chi connectivity index (χ0n) is 13.3. The van der Waals surface area contributed by atoms with Gasteiger partial charge >= 0.3 is 0 Å². The third kappa shape index (κ3) is 3.01. The van der Waals surface area contributed by atoms with Crippen molar-refractivity contribution in [2.45, 2.75) is 26.2 Å². The Balaban J connectivity index is 1.86. The molecule has 1 aliphatic rings. The van der Waals surface area contributed by atoms with Crippen molar-refractivity contribution >= 4 is 11.3 Å². The SMILES string of the molecule is CN1CCN(Nc2nccn3nc(C(C)(C)C)cc23)CC1. The molecule has 0 amide bonds. The molecule has 1 N–H and O–H groups in total. The molecule has 0 saturated carbocycles. The molecule has 0 spiro atoms. The predicted octanol–water partition coefficient (Wildman–Crippen LogP) is 1.60. The van der Waals surface area contributed by atoms with Gasteiger partial charge in [0.2, 0.25) is 0 Å². The molecule has 2 aromatic rings. The number of hydrazine groups is 1. The van der Waals surface area contributed by atoms with E-state index < -0.39 is 0 Å². The normalized spacial score (nSPS) is 18.3. The van der Waals surface area contributed by atoms with Crippen LogP contribution in [-0.4, -0.2) is 57.7 Å². The molecule has 0 radical (unpaired) electrons. The molecule has 2 aromatic heterocycles. The van der Waals surface area contributed by atoms with E-state index in [0.717, 1.165) is 43.2 Å². The van der Waals surface area contributed by atoms with Gasteiger partial charge in [-0.15, -0.1) is 0 Å². The minimum Gasteiger partial charge on any atom is -0.304 e. The maximum absolute atomic E-state index is 4.66. The average molecular weight is 288 g/mol. The zero-order chi connectivity index (χ0) is 15.0. The van der Waals surface area contributed by atoms with Gasteiger partial charge in [0, 0.05) is 44.0 Å². The summed E-state index contributed by atoms with van der Waals surface area (Å²) in [5.41, 5.74) is 5.59. The molecule has 6 heteroatoms. The highest BCUT2D eigenvalue weighted by molar-refractivity contribution is 5.67. The monoisotopic (exact) mass is 288 g/mol. The van der Waals surface area contributed by atoms with E-state index in [4.69, 9.17) is 0 Å². The number of nitrogens with zero attached hydrogens (tertiary/aromatic N) is 5. The Morgan fingerprint density at radius 2 is 1.86 bits per heavy atom. The van der Waals surface area contributed by atoms with Gasteiger partial charge in [-0.05, 0) is 13.1 Å². The fraction of sp³-hybridized carbons (Fsp3) is 0.600. The fourth-order valence-electron chi connectivity index (χ4n) is 2.44. The van der Waals surface area contributed by atoms with E-state index in [1.54, 1.807) is 6.20 Å². The van der Waals surface area contributed by atoms with Crippen molar-refractivity contribution < 1.29 is 0 Å². The fourth-order valence-corrected chi connectivity index (χ4v) is 2.44. The number of aromatic nitrogens is 3. The largest absolute Gasteiger partial charge is 0.304 e. The minimum atomic E-state index is 0.0388. The molecule has 3 heterocycles. The first kappa shape index (κ1) is 14.3. The Morgan fingerprint density at radius 1 is 1.14 bits per heavy atom. The molecule has 0 aliphatic carbocycles. The van der Waals surface area contributed by atoms with Crippen LogP contribution < -0.4 is 5.43 Å². The van der Waals surface area contributed by atoms with Crippen LogP contribution in [0.1, 0.15) is 26.5 Å². The summed E-state index contributed by atoms with van der Waals surface area (Å²) in [4.78, 5) is 6.82. The van der Waals surface area contributed by atoms with Crippen molar-refractivity contribution in [1.82, 2.24) is 24.5 Å². The van der Waals surface area contributed by atoms with Crippen LogP contribution >= 0.6 is 0 Å². The highest BCUT2D eigenvalue weighted by Crippen LogP contribution is 2.24. The summed E-state index contributed by atoms with van der Waals surface area (Å²) >= 11 is 0. The first-order chi connectivity index (χ1) is 9.93. The van der Waals surface area contributed by atoms with Gasteiger partial charge in [0.1, 0.15) is 5.52 Å². The summed E-state index contributed by atoms with van der Waals surface area (Å²) < 4.78 is 1.91. The lowest BCUT2D eigenvalue weighted by Crippen LogP contribution is -2.47. The molecule has 0 bridgehead atoms. The number of hydrogen-bond acceptors (Lipinski definition) is 5. The summed E-state index contributed by atoms with van der Waals surface area (Å²) in [6.07, 6.45) is 3.70. The van der Waals surface area contributed by atoms with E-state index in [9.17, 15) is 0 Å².